The van der Waals surface area contributed by atoms with Crippen molar-refractivity contribution < 1.29 is 19.1 Å². The molecule has 4 rings (SSSR count). The Morgan fingerprint density at radius 3 is 2.42 bits per heavy atom. The topological polar surface area (TPSA) is 85.4 Å². The number of benzene rings is 1. The Morgan fingerprint density at radius 2 is 1.71 bits per heavy atom. The maximum Gasteiger partial charge on any atom is 0.325 e. The van der Waals surface area contributed by atoms with Crippen molar-refractivity contribution in [1.29, 1.82) is 0 Å². The highest BCUT2D eigenvalue weighted by Crippen LogP contribution is 2.28. The number of piperidine rings is 2. The van der Waals surface area contributed by atoms with Crippen LogP contribution in [0.2, 0.25) is 5.02 Å². The van der Waals surface area contributed by atoms with Crippen LogP contribution in [0.15, 0.2) is 24.3 Å². The first kappa shape index (κ1) is 28.5. The van der Waals surface area contributed by atoms with E-state index in [-0.39, 0.29) is 24.4 Å². The molecule has 10 heteroatoms. The minimum Gasteiger partial charge on any atom is -0.464 e. The van der Waals surface area contributed by atoms with Gasteiger partial charge in [-0.1, -0.05) is 37.1 Å². The number of likely N-dealkylation sites (tertiary alicyclic amines) is 2. The molecular weight excluding hydrogens is 506 g/mol. The van der Waals surface area contributed by atoms with Gasteiger partial charge in [0.25, 0.3) is 0 Å². The first-order chi connectivity index (χ1) is 18.5. The second-order valence-electron chi connectivity index (χ2n) is 10.5. The molecule has 3 amide bonds. The molecule has 0 radical (unpaired) electrons. The third kappa shape index (κ3) is 7.53. The fourth-order valence-corrected chi connectivity index (χ4v) is 6.00. The molecule has 1 N–H and O–H groups in total. The van der Waals surface area contributed by atoms with Crippen molar-refractivity contribution in [3.63, 3.8) is 0 Å². The highest BCUT2D eigenvalue weighted by Gasteiger charge is 2.35. The summed E-state index contributed by atoms with van der Waals surface area (Å²) in [5, 5.41) is 3.44. The number of carbonyl (C=O) groups excluding carboxylic acids is 3. The van der Waals surface area contributed by atoms with E-state index in [2.05, 4.69) is 15.1 Å². The van der Waals surface area contributed by atoms with Crippen molar-refractivity contribution in [1.82, 2.24) is 20.0 Å². The van der Waals surface area contributed by atoms with Gasteiger partial charge >= 0.3 is 12.0 Å². The number of piperazine rings is 1. The molecule has 3 aliphatic rings. The van der Waals surface area contributed by atoms with Crippen molar-refractivity contribution in [3.8, 4) is 0 Å². The van der Waals surface area contributed by atoms with Gasteiger partial charge in [0.1, 0.15) is 6.54 Å². The SMILES string of the molecule is CCCCOC(=O)CNC(=O)N1CCC(N2CCCC(C(=O)N3CCN(c4ccccc4Cl)CC3)C2)CC1. The molecule has 9 nitrogen and oxygen atoms in total. The van der Waals surface area contributed by atoms with Gasteiger partial charge in [0.15, 0.2) is 0 Å². The molecule has 3 saturated heterocycles. The summed E-state index contributed by atoms with van der Waals surface area (Å²) in [5.74, 6) is -0.0807. The summed E-state index contributed by atoms with van der Waals surface area (Å²) in [4.78, 5) is 46.2. The standard InChI is InChI=1S/C28H42ClN5O4/c1-2-3-19-38-26(35)20-30-28(37)33-13-10-23(11-14-33)34-12-6-7-22(21-34)27(36)32-17-15-31(16-18-32)25-9-5-4-8-24(25)29/h4-5,8-9,22-23H,2-3,6-7,10-21H2,1H3,(H,30,37). The van der Waals surface area contributed by atoms with Crippen LogP contribution < -0.4 is 10.2 Å². The van der Waals surface area contributed by atoms with Crippen molar-refractivity contribution in [2.24, 2.45) is 5.92 Å². The van der Waals surface area contributed by atoms with Gasteiger partial charge in [-0.15, -0.1) is 0 Å². The van der Waals surface area contributed by atoms with Crippen LogP contribution >= 0.6 is 11.6 Å². The predicted octanol–water partition coefficient (Wildman–Crippen LogP) is 3.22. The monoisotopic (exact) mass is 547 g/mol. The van der Waals surface area contributed by atoms with Gasteiger partial charge in [0.2, 0.25) is 5.91 Å². The third-order valence-electron chi connectivity index (χ3n) is 8.00. The minimum absolute atomic E-state index is 0.0377. The lowest BCUT2D eigenvalue weighted by Crippen LogP contribution is -2.55. The number of rotatable bonds is 8. The number of hydrogen-bond acceptors (Lipinski definition) is 6. The number of hydrogen-bond donors (Lipinski definition) is 1. The van der Waals surface area contributed by atoms with E-state index in [1.807, 2.05) is 36.1 Å². The van der Waals surface area contributed by atoms with Crippen molar-refractivity contribution >= 4 is 35.2 Å². The Morgan fingerprint density at radius 1 is 0.974 bits per heavy atom. The second-order valence-corrected chi connectivity index (χ2v) is 11.0. The molecular formula is C28H42ClN5O4. The van der Waals surface area contributed by atoms with Gasteiger partial charge in [0.05, 0.1) is 23.2 Å². The Balaban J connectivity index is 1.18. The number of ether oxygens (including phenoxy) is 1. The number of anilines is 1. The maximum atomic E-state index is 13.4. The van der Waals surface area contributed by atoms with Crippen LogP contribution in [-0.2, 0) is 14.3 Å². The van der Waals surface area contributed by atoms with E-state index in [9.17, 15) is 14.4 Å². The zero-order chi connectivity index (χ0) is 26.9. The largest absolute Gasteiger partial charge is 0.464 e. The van der Waals surface area contributed by atoms with Crippen LogP contribution in [0.25, 0.3) is 0 Å². The van der Waals surface area contributed by atoms with Crippen LogP contribution in [0.5, 0.6) is 0 Å². The highest BCUT2D eigenvalue weighted by molar-refractivity contribution is 6.33. The zero-order valence-electron chi connectivity index (χ0n) is 22.6. The quantitative estimate of drug-likeness (QED) is 0.397. The van der Waals surface area contributed by atoms with Crippen LogP contribution in [0.4, 0.5) is 10.5 Å². The van der Waals surface area contributed by atoms with E-state index < -0.39 is 5.97 Å². The summed E-state index contributed by atoms with van der Waals surface area (Å²) >= 11 is 6.37. The Bertz CT molecular complexity index is 947. The fraction of sp³-hybridized carbons (Fsp3) is 0.679. The van der Waals surface area contributed by atoms with E-state index in [0.717, 1.165) is 88.5 Å². The number of carbonyl (C=O) groups is 3. The van der Waals surface area contributed by atoms with E-state index in [1.165, 1.54) is 0 Å². The normalized spacial score (nSPS) is 21.3. The molecule has 3 heterocycles. The molecule has 38 heavy (non-hydrogen) atoms. The number of nitrogens with one attached hydrogen (secondary N) is 1. The van der Waals surface area contributed by atoms with Gasteiger partial charge < -0.3 is 24.8 Å². The van der Waals surface area contributed by atoms with Crippen LogP contribution in [0.3, 0.4) is 0 Å². The lowest BCUT2D eigenvalue weighted by molar-refractivity contribution is -0.142. The molecule has 210 valence electrons. The number of esters is 1. The summed E-state index contributed by atoms with van der Waals surface area (Å²) < 4.78 is 5.10. The van der Waals surface area contributed by atoms with Gasteiger partial charge in [-0.3, -0.25) is 14.5 Å². The van der Waals surface area contributed by atoms with Gasteiger partial charge in [-0.2, -0.15) is 0 Å². The number of urea groups is 1. The molecule has 1 aromatic rings. The summed E-state index contributed by atoms with van der Waals surface area (Å²) in [6.45, 7) is 8.48. The summed E-state index contributed by atoms with van der Waals surface area (Å²) in [7, 11) is 0. The van der Waals surface area contributed by atoms with Crippen molar-refractivity contribution in [2.45, 2.75) is 51.5 Å². The number of unbranched alkanes of at least 4 members (excludes halogenated alkanes) is 1. The smallest absolute Gasteiger partial charge is 0.325 e. The number of halogens is 1. The molecule has 3 aliphatic heterocycles. The zero-order valence-corrected chi connectivity index (χ0v) is 23.3. The molecule has 0 saturated carbocycles. The molecule has 0 bridgehead atoms. The van der Waals surface area contributed by atoms with Crippen molar-refractivity contribution in [3.05, 3.63) is 29.3 Å². The number of para-hydroxylation sites is 1. The lowest BCUT2D eigenvalue weighted by atomic mass is 9.92. The molecule has 1 unspecified atom stereocenters. The lowest BCUT2D eigenvalue weighted by Gasteiger charge is -2.43. The number of nitrogens with zero attached hydrogens (tertiary/aromatic N) is 4. The van der Waals surface area contributed by atoms with E-state index in [1.54, 1.807) is 4.90 Å². The van der Waals surface area contributed by atoms with Crippen LogP contribution in [0, 0.1) is 5.92 Å². The third-order valence-corrected chi connectivity index (χ3v) is 8.32. The van der Waals surface area contributed by atoms with Crippen LogP contribution in [-0.4, -0.2) is 104 Å². The molecule has 0 aliphatic carbocycles. The Hall–Kier alpha value is -2.52. The molecule has 1 aromatic carbocycles. The fourth-order valence-electron chi connectivity index (χ4n) is 5.75. The highest BCUT2D eigenvalue weighted by atomic mass is 35.5. The van der Waals surface area contributed by atoms with E-state index >= 15 is 0 Å². The number of amides is 3. The molecule has 1 atom stereocenters. The van der Waals surface area contributed by atoms with E-state index in [0.29, 0.717) is 25.7 Å². The molecule has 0 spiro atoms. The molecule has 3 fully saturated rings. The van der Waals surface area contributed by atoms with Crippen LogP contribution in [0.1, 0.15) is 45.4 Å². The van der Waals surface area contributed by atoms with Gasteiger partial charge in [0, 0.05) is 51.9 Å². The average Bonchev–Trinajstić information content (AvgIpc) is 2.96. The van der Waals surface area contributed by atoms with E-state index in [4.69, 9.17) is 16.3 Å². The maximum absolute atomic E-state index is 13.4. The Kier molecular flexibility index (Phi) is 10.5. The minimum atomic E-state index is -0.393. The Labute approximate surface area is 231 Å². The van der Waals surface area contributed by atoms with Gasteiger partial charge in [-0.25, -0.2) is 4.79 Å². The van der Waals surface area contributed by atoms with Crippen molar-refractivity contribution in [2.75, 3.05) is 70.4 Å². The average molecular weight is 548 g/mol. The first-order valence-electron chi connectivity index (χ1n) is 14.2. The first-order valence-corrected chi connectivity index (χ1v) is 14.5. The molecule has 0 aromatic heterocycles. The summed E-state index contributed by atoms with van der Waals surface area (Å²) in [6, 6.07) is 8.05. The predicted molar refractivity (Wildman–Crippen MR) is 148 cm³/mol. The van der Waals surface area contributed by atoms with Gasteiger partial charge in [-0.05, 0) is 50.8 Å². The summed E-state index contributed by atoms with van der Waals surface area (Å²) in [5.41, 5.74) is 1.04. The second kappa shape index (κ2) is 14.0. The summed E-state index contributed by atoms with van der Waals surface area (Å²) in [6.07, 6.45) is 5.52.